The molecule has 0 unspecified atom stereocenters. The van der Waals surface area contributed by atoms with Crippen LogP contribution in [0.5, 0.6) is 5.75 Å². The van der Waals surface area contributed by atoms with Crippen LogP contribution in [0, 0.1) is 13.8 Å². The summed E-state index contributed by atoms with van der Waals surface area (Å²) in [5.41, 5.74) is 8.03. The number of sulfone groups is 1. The third kappa shape index (κ3) is 3.98. The quantitative estimate of drug-likeness (QED) is 0.862. The zero-order valence-electron chi connectivity index (χ0n) is 12.2. The molecule has 0 fully saturated rings. The van der Waals surface area contributed by atoms with Gasteiger partial charge in [-0.1, -0.05) is 17.7 Å². The minimum Gasteiger partial charge on any atom is -0.493 e. The molecule has 112 valence electrons. The van der Waals surface area contributed by atoms with E-state index >= 15 is 0 Å². The van der Waals surface area contributed by atoms with Gasteiger partial charge in [-0.3, -0.25) is 0 Å². The van der Waals surface area contributed by atoms with Gasteiger partial charge >= 0.3 is 0 Å². The van der Waals surface area contributed by atoms with Gasteiger partial charge in [0.1, 0.15) is 12.4 Å². The SMILES string of the molecule is Cc1ccc(S(=O)(=O)CCOc2ccc(N)cc2)c(C)c1. The van der Waals surface area contributed by atoms with E-state index in [0.29, 0.717) is 16.3 Å². The highest BCUT2D eigenvalue weighted by Crippen LogP contribution is 2.18. The highest BCUT2D eigenvalue weighted by atomic mass is 32.2. The van der Waals surface area contributed by atoms with Crippen molar-refractivity contribution in [2.45, 2.75) is 18.7 Å². The molecule has 2 aromatic carbocycles. The lowest BCUT2D eigenvalue weighted by Crippen LogP contribution is -2.15. The van der Waals surface area contributed by atoms with E-state index < -0.39 is 9.84 Å². The maximum absolute atomic E-state index is 12.3. The normalized spacial score (nSPS) is 11.3. The van der Waals surface area contributed by atoms with Crippen molar-refractivity contribution in [1.82, 2.24) is 0 Å². The second kappa shape index (κ2) is 6.18. The lowest BCUT2D eigenvalue weighted by Gasteiger charge is -2.10. The van der Waals surface area contributed by atoms with Gasteiger partial charge in [-0.15, -0.1) is 0 Å². The van der Waals surface area contributed by atoms with Gasteiger partial charge < -0.3 is 10.5 Å². The first-order valence-corrected chi connectivity index (χ1v) is 8.32. The summed E-state index contributed by atoms with van der Waals surface area (Å²) in [5.74, 6) is 0.557. The first-order valence-electron chi connectivity index (χ1n) is 6.67. The molecule has 0 heterocycles. The van der Waals surface area contributed by atoms with Gasteiger partial charge in [-0.25, -0.2) is 8.42 Å². The van der Waals surface area contributed by atoms with Crippen molar-refractivity contribution in [2.24, 2.45) is 0 Å². The van der Waals surface area contributed by atoms with Crippen LogP contribution in [0.3, 0.4) is 0 Å². The maximum atomic E-state index is 12.3. The molecule has 0 aliphatic heterocycles. The summed E-state index contributed by atoms with van der Waals surface area (Å²) >= 11 is 0. The number of nitrogens with two attached hydrogens (primary N) is 1. The molecule has 4 nitrogen and oxygen atoms in total. The predicted molar refractivity (Wildman–Crippen MR) is 84.3 cm³/mol. The second-order valence-corrected chi connectivity index (χ2v) is 7.08. The molecule has 0 aliphatic rings. The van der Waals surface area contributed by atoms with Gasteiger partial charge in [0.25, 0.3) is 0 Å². The minimum absolute atomic E-state index is 0.0543. The highest BCUT2D eigenvalue weighted by molar-refractivity contribution is 7.91. The van der Waals surface area contributed by atoms with Gasteiger partial charge in [0.15, 0.2) is 9.84 Å². The van der Waals surface area contributed by atoms with Crippen molar-refractivity contribution < 1.29 is 13.2 Å². The summed E-state index contributed by atoms with van der Waals surface area (Å²) in [6.45, 7) is 3.86. The smallest absolute Gasteiger partial charge is 0.181 e. The summed E-state index contributed by atoms with van der Waals surface area (Å²) in [6.07, 6.45) is 0. The molecule has 0 bridgehead atoms. The fourth-order valence-corrected chi connectivity index (χ4v) is 3.44. The van der Waals surface area contributed by atoms with Crippen LogP contribution in [-0.4, -0.2) is 20.8 Å². The van der Waals surface area contributed by atoms with Crippen molar-refractivity contribution in [1.29, 1.82) is 0 Å². The number of hydrogen-bond acceptors (Lipinski definition) is 4. The average Bonchev–Trinajstić information content (AvgIpc) is 2.40. The average molecular weight is 305 g/mol. The maximum Gasteiger partial charge on any atom is 0.181 e. The van der Waals surface area contributed by atoms with Gasteiger partial charge in [-0.05, 0) is 49.7 Å². The first-order chi connectivity index (χ1) is 9.88. The van der Waals surface area contributed by atoms with E-state index in [1.807, 2.05) is 13.0 Å². The summed E-state index contributed by atoms with van der Waals surface area (Å²) < 4.78 is 30.1. The molecule has 21 heavy (non-hydrogen) atoms. The Balaban J connectivity index is 2.03. The molecule has 0 spiro atoms. The molecule has 0 saturated carbocycles. The zero-order chi connectivity index (χ0) is 15.5. The zero-order valence-corrected chi connectivity index (χ0v) is 13.0. The molecule has 0 radical (unpaired) electrons. The Labute approximate surface area is 125 Å². The molecule has 0 aromatic heterocycles. The lowest BCUT2D eigenvalue weighted by molar-refractivity contribution is 0.341. The van der Waals surface area contributed by atoms with E-state index in [4.69, 9.17) is 10.5 Å². The van der Waals surface area contributed by atoms with Gasteiger partial charge in [-0.2, -0.15) is 0 Å². The Bertz CT molecular complexity index is 722. The number of nitrogen functional groups attached to an aromatic ring is 1. The molecule has 0 aliphatic carbocycles. The molecule has 0 atom stereocenters. The van der Waals surface area contributed by atoms with E-state index in [0.717, 1.165) is 11.1 Å². The van der Waals surface area contributed by atoms with Crippen molar-refractivity contribution in [3.05, 3.63) is 53.6 Å². The number of rotatable bonds is 5. The Hall–Kier alpha value is -2.01. The molecule has 0 saturated heterocycles. The minimum atomic E-state index is -3.34. The van der Waals surface area contributed by atoms with Gasteiger partial charge in [0.2, 0.25) is 0 Å². The predicted octanol–water partition coefficient (Wildman–Crippen LogP) is 2.74. The summed E-state index contributed by atoms with van der Waals surface area (Å²) in [5, 5.41) is 0. The monoisotopic (exact) mass is 305 g/mol. The topological polar surface area (TPSA) is 69.4 Å². The van der Waals surface area contributed by atoms with Crippen molar-refractivity contribution in [3.8, 4) is 5.75 Å². The van der Waals surface area contributed by atoms with E-state index in [2.05, 4.69) is 0 Å². The van der Waals surface area contributed by atoms with Crippen LogP contribution in [0.2, 0.25) is 0 Å². The van der Waals surface area contributed by atoms with Crippen LogP contribution < -0.4 is 10.5 Å². The van der Waals surface area contributed by atoms with Crippen molar-refractivity contribution in [3.63, 3.8) is 0 Å². The fourth-order valence-electron chi connectivity index (χ4n) is 2.09. The number of anilines is 1. The Morgan fingerprint density at radius 1 is 1.05 bits per heavy atom. The van der Waals surface area contributed by atoms with Crippen molar-refractivity contribution in [2.75, 3.05) is 18.1 Å². The molecule has 2 rings (SSSR count). The summed E-state index contributed by atoms with van der Waals surface area (Å²) in [4.78, 5) is 0.369. The van der Waals surface area contributed by atoms with Crippen molar-refractivity contribution >= 4 is 15.5 Å². The molecule has 2 aromatic rings. The van der Waals surface area contributed by atoms with Crippen LogP contribution in [0.4, 0.5) is 5.69 Å². The van der Waals surface area contributed by atoms with Crippen LogP contribution in [0.15, 0.2) is 47.4 Å². The Kier molecular flexibility index (Phi) is 4.53. The lowest BCUT2D eigenvalue weighted by atomic mass is 10.2. The Morgan fingerprint density at radius 3 is 2.33 bits per heavy atom. The highest BCUT2D eigenvalue weighted by Gasteiger charge is 2.17. The summed E-state index contributed by atoms with van der Waals surface area (Å²) in [7, 11) is -3.34. The van der Waals surface area contributed by atoms with E-state index in [9.17, 15) is 8.42 Å². The molecule has 2 N–H and O–H groups in total. The molecule has 5 heteroatoms. The first kappa shape index (κ1) is 15.4. The second-order valence-electron chi connectivity index (χ2n) is 5.01. The van der Waals surface area contributed by atoms with Crippen LogP contribution in [0.25, 0.3) is 0 Å². The molecule has 0 amide bonds. The van der Waals surface area contributed by atoms with Crippen LogP contribution in [-0.2, 0) is 9.84 Å². The molecular formula is C16H19NO3S. The fraction of sp³-hybridized carbons (Fsp3) is 0.250. The number of hydrogen-bond donors (Lipinski definition) is 1. The number of ether oxygens (including phenoxy) is 1. The number of aryl methyl sites for hydroxylation is 2. The van der Waals surface area contributed by atoms with Gasteiger partial charge in [0, 0.05) is 5.69 Å². The van der Waals surface area contributed by atoms with E-state index in [1.165, 1.54) is 0 Å². The Morgan fingerprint density at radius 2 is 1.71 bits per heavy atom. The van der Waals surface area contributed by atoms with Crippen LogP contribution >= 0.6 is 0 Å². The summed E-state index contributed by atoms with van der Waals surface area (Å²) in [6, 6.07) is 12.2. The van der Waals surface area contributed by atoms with E-state index in [1.54, 1.807) is 43.3 Å². The van der Waals surface area contributed by atoms with Crippen LogP contribution in [0.1, 0.15) is 11.1 Å². The molecular weight excluding hydrogens is 286 g/mol. The third-order valence-corrected chi connectivity index (χ3v) is 5.00. The third-order valence-electron chi connectivity index (χ3n) is 3.17. The largest absolute Gasteiger partial charge is 0.493 e. The standard InChI is InChI=1S/C16H19NO3S/c1-12-3-8-16(13(2)11-12)21(18,19)10-9-20-15-6-4-14(17)5-7-15/h3-8,11H,9-10,17H2,1-2H3. The van der Waals surface area contributed by atoms with E-state index in [-0.39, 0.29) is 12.4 Å². The number of benzene rings is 2. The van der Waals surface area contributed by atoms with Gasteiger partial charge in [0.05, 0.1) is 10.6 Å².